The quantitative estimate of drug-likeness (QED) is 0.756. The number of imidazole rings is 1. The van der Waals surface area contributed by atoms with E-state index in [0.29, 0.717) is 5.69 Å². The molecule has 0 bridgehead atoms. The van der Waals surface area contributed by atoms with Crippen molar-refractivity contribution in [1.82, 2.24) is 15.3 Å². The molecule has 6 nitrogen and oxygen atoms in total. The molecule has 1 aromatic heterocycles. The summed E-state index contributed by atoms with van der Waals surface area (Å²) >= 11 is 0. The molecule has 1 atom stereocenters. The SMILES string of the molecule is Cc1cc(C)c(CC(=O)NC(Cc2c[nH]cn2)C(=O)O)c(C)c1. The third-order valence-electron chi connectivity index (χ3n) is 3.78. The number of carbonyl (C=O) groups excluding carboxylic acids is 1. The van der Waals surface area contributed by atoms with Gasteiger partial charge in [-0.05, 0) is 37.5 Å². The van der Waals surface area contributed by atoms with E-state index in [4.69, 9.17) is 0 Å². The van der Waals surface area contributed by atoms with E-state index in [1.165, 1.54) is 6.33 Å². The number of aliphatic carboxylic acids is 1. The molecule has 0 fully saturated rings. The molecule has 122 valence electrons. The number of nitrogens with zero attached hydrogens (tertiary/aromatic N) is 1. The maximum absolute atomic E-state index is 12.2. The van der Waals surface area contributed by atoms with Crippen LogP contribution in [0.3, 0.4) is 0 Å². The van der Waals surface area contributed by atoms with Crippen molar-refractivity contribution in [2.24, 2.45) is 0 Å². The molecule has 23 heavy (non-hydrogen) atoms. The van der Waals surface area contributed by atoms with Gasteiger partial charge in [0.05, 0.1) is 18.4 Å². The van der Waals surface area contributed by atoms with Gasteiger partial charge < -0.3 is 15.4 Å². The highest BCUT2D eigenvalue weighted by Crippen LogP contribution is 2.17. The second-order valence-electron chi connectivity index (χ2n) is 5.78. The number of carboxylic acids is 1. The van der Waals surface area contributed by atoms with Crippen molar-refractivity contribution < 1.29 is 14.7 Å². The molecule has 0 aliphatic heterocycles. The molecule has 3 N–H and O–H groups in total. The Bertz CT molecular complexity index is 685. The van der Waals surface area contributed by atoms with E-state index in [9.17, 15) is 14.7 Å². The summed E-state index contributed by atoms with van der Waals surface area (Å²) in [6.07, 6.45) is 3.42. The largest absolute Gasteiger partial charge is 0.480 e. The number of hydrogen-bond donors (Lipinski definition) is 3. The molecule has 2 aromatic rings. The van der Waals surface area contributed by atoms with Crippen LogP contribution in [0.1, 0.15) is 27.9 Å². The maximum atomic E-state index is 12.2. The lowest BCUT2D eigenvalue weighted by atomic mass is 9.97. The van der Waals surface area contributed by atoms with Gasteiger partial charge in [-0.3, -0.25) is 4.79 Å². The molecular weight excluding hydrogens is 294 g/mol. The summed E-state index contributed by atoms with van der Waals surface area (Å²) in [5.74, 6) is -1.37. The lowest BCUT2D eigenvalue weighted by molar-refractivity contribution is -0.141. The van der Waals surface area contributed by atoms with Crippen molar-refractivity contribution in [3.05, 3.63) is 52.6 Å². The first-order valence-corrected chi connectivity index (χ1v) is 7.43. The Balaban J connectivity index is 2.06. The molecule has 0 radical (unpaired) electrons. The Morgan fingerprint density at radius 1 is 1.26 bits per heavy atom. The highest BCUT2D eigenvalue weighted by molar-refractivity contribution is 5.85. The van der Waals surface area contributed by atoms with Crippen LogP contribution < -0.4 is 5.32 Å². The summed E-state index contributed by atoms with van der Waals surface area (Å²) in [5.41, 5.74) is 4.76. The molecule has 1 amide bonds. The van der Waals surface area contributed by atoms with Gasteiger partial charge in [0.25, 0.3) is 0 Å². The van der Waals surface area contributed by atoms with E-state index in [0.717, 1.165) is 22.3 Å². The second kappa shape index (κ2) is 7.09. The number of carboxylic acid groups (broad SMARTS) is 1. The number of nitrogens with one attached hydrogen (secondary N) is 2. The van der Waals surface area contributed by atoms with Gasteiger partial charge in [-0.15, -0.1) is 0 Å². The summed E-state index contributed by atoms with van der Waals surface area (Å²) in [5, 5.41) is 11.9. The van der Waals surface area contributed by atoms with Crippen LogP contribution in [0.5, 0.6) is 0 Å². The van der Waals surface area contributed by atoms with Crippen molar-refractivity contribution in [3.63, 3.8) is 0 Å². The number of aryl methyl sites for hydroxylation is 3. The average Bonchev–Trinajstić information content (AvgIpc) is 2.95. The fourth-order valence-electron chi connectivity index (χ4n) is 2.71. The standard InChI is InChI=1S/C17H21N3O3/c1-10-4-11(2)14(12(3)5-10)7-16(21)20-15(17(22)23)6-13-8-18-9-19-13/h4-5,8-9,15H,6-7H2,1-3H3,(H,18,19)(H,20,21)(H,22,23). The Morgan fingerprint density at radius 2 is 1.91 bits per heavy atom. The van der Waals surface area contributed by atoms with Gasteiger partial charge in [0, 0.05) is 12.6 Å². The minimum atomic E-state index is -1.07. The first kappa shape index (κ1) is 16.7. The van der Waals surface area contributed by atoms with Crippen molar-refractivity contribution in [2.75, 3.05) is 0 Å². The highest BCUT2D eigenvalue weighted by Gasteiger charge is 2.22. The summed E-state index contributed by atoms with van der Waals surface area (Å²) in [6, 6.07) is 3.05. The molecule has 0 spiro atoms. The van der Waals surface area contributed by atoms with E-state index in [-0.39, 0.29) is 18.7 Å². The first-order chi connectivity index (χ1) is 10.9. The summed E-state index contributed by atoms with van der Waals surface area (Å²) < 4.78 is 0. The maximum Gasteiger partial charge on any atom is 0.326 e. The number of hydrogen-bond acceptors (Lipinski definition) is 3. The van der Waals surface area contributed by atoms with Crippen LogP contribution in [0, 0.1) is 20.8 Å². The number of H-pyrrole nitrogens is 1. The predicted molar refractivity (Wildman–Crippen MR) is 86.2 cm³/mol. The van der Waals surface area contributed by atoms with Crippen LogP contribution in [0.25, 0.3) is 0 Å². The molecule has 6 heteroatoms. The van der Waals surface area contributed by atoms with Crippen LogP contribution >= 0.6 is 0 Å². The number of aromatic amines is 1. The zero-order chi connectivity index (χ0) is 17.0. The molecule has 0 aliphatic rings. The van der Waals surface area contributed by atoms with Crippen molar-refractivity contribution in [3.8, 4) is 0 Å². The fraction of sp³-hybridized carbons (Fsp3) is 0.353. The summed E-state index contributed by atoms with van der Waals surface area (Å²) in [6.45, 7) is 5.93. The molecule has 0 aliphatic carbocycles. The topological polar surface area (TPSA) is 95.1 Å². The van der Waals surface area contributed by atoms with Crippen LogP contribution in [0.4, 0.5) is 0 Å². The number of amides is 1. The summed E-state index contributed by atoms with van der Waals surface area (Å²) in [7, 11) is 0. The van der Waals surface area contributed by atoms with Gasteiger partial charge in [0.1, 0.15) is 6.04 Å². The fourth-order valence-corrected chi connectivity index (χ4v) is 2.71. The first-order valence-electron chi connectivity index (χ1n) is 7.43. The number of benzene rings is 1. The van der Waals surface area contributed by atoms with Gasteiger partial charge in [0.15, 0.2) is 0 Å². The number of rotatable bonds is 6. The molecule has 0 saturated heterocycles. The molecule has 1 unspecified atom stereocenters. The zero-order valence-electron chi connectivity index (χ0n) is 13.5. The Hall–Kier alpha value is -2.63. The lowest BCUT2D eigenvalue weighted by Crippen LogP contribution is -2.43. The van der Waals surface area contributed by atoms with E-state index in [1.807, 2.05) is 32.9 Å². The predicted octanol–water partition coefficient (Wildman–Crippen LogP) is 1.69. The zero-order valence-corrected chi connectivity index (χ0v) is 13.5. The van der Waals surface area contributed by atoms with E-state index < -0.39 is 12.0 Å². The van der Waals surface area contributed by atoms with Crippen LogP contribution in [0.2, 0.25) is 0 Å². The van der Waals surface area contributed by atoms with Crippen LogP contribution in [-0.4, -0.2) is 33.0 Å². The third-order valence-corrected chi connectivity index (χ3v) is 3.78. The molecule has 1 heterocycles. The van der Waals surface area contributed by atoms with E-state index in [1.54, 1.807) is 6.20 Å². The van der Waals surface area contributed by atoms with E-state index in [2.05, 4.69) is 15.3 Å². The normalized spacial score (nSPS) is 12.0. The molecule has 0 saturated carbocycles. The number of carbonyl (C=O) groups is 2. The summed E-state index contributed by atoms with van der Waals surface area (Å²) in [4.78, 5) is 30.4. The second-order valence-corrected chi connectivity index (χ2v) is 5.78. The average molecular weight is 315 g/mol. The van der Waals surface area contributed by atoms with E-state index >= 15 is 0 Å². The molecule has 2 rings (SSSR count). The Morgan fingerprint density at radius 3 is 2.43 bits per heavy atom. The Labute approximate surface area is 135 Å². The number of aromatic nitrogens is 2. The lowest BCUT2D eigenvalue weighted by Gasteiger charge is -2.15. The highest BCUT2D eigenvalue weighted by atomic mass is 16.4. The van der Waals surface area contributed by atoms with Crippen LogP contribution in [-0.2, 0) is 22.4 Å². The van der Waals surface area contributed by atoms with Crippen molar-refractivity contribution in [2.45, 2.75) is 39.7 Å². The Kier molecular flexibility index (Phi) is 5.16. The minimum absolute atomic E-state index is 0.149. The molecule has 1 aromatic carbocycles. The van der Waals surface area contributed by atoms with Crippen molar-refractivity contribution >= 4 is 11.9 Å². The monoisotopic (exact) mass is 315 g/mol. The van der Waals surface area contributed by atoms with Crippen molar-refractivity contribution in [1.29, 1.82) is 0 Å². The molecular formula is C17H21N3O3. The minimum Gasteiger partial charge on any atom is -0.480 e. The van der Waals surface area contributed by atoms with Crippen LogP contribution in [0.15, 0.2) is 24.7 Å². The van der Waals surface area contributed by atoms with Gasteiger partial charge in [-0.25, -0.2) is 9.78 Å². The van der Waals surface area contributed by atoms with Gasteiger partial charge in [-0.1, -0.05) is 17.7 Å². The van der Waals surface area contributed by atoms with Gasteiger partial charge in [-0.2, -0.15) is 0 Å². The van der Waals surface area contributed by atoms with Gasteiger partial charge in [0.2, 0.25) is 5.91 Å². The third kappa shape index (κ3) is 4.42. The smallest absolute Gasteiger partial charge is 0.326 e. The van der Waals surface area contributed by atoms with Gasteiger partial charge >= 0.3 is 5.97 Å².